The first kappa shape index (κ1) is 23.9. The maximum Gasteiger partial charge on any atom is 0.407 e. The predicted molar refractivity (Wildman–Crippen MR) is 108 cm³/mol. The average Bonchev–Trinajstić information content (AvgIpc) is 2.63. The van der Waals surface area contributed by atoms with Crippen molar-refractivity contribution in [3.63, 3.8) is 0 Å². The first-order valence-electron chi connectivity index (χ1n) is 9.25. The lowest BCUT2D eigenvalue weighted by molar-refractivity contribution is -0.163. The Morgan fingerprint density at radius 1 is 1.00 bits per heavy atom. The van der Waals surface area contributed by atoms with Gasteiger partial charge in [0.15, 0.2) is 9.84 Å². The Balaban J connectivity index is 2.30. The topological polar surface area (TPSA) is 83.5 Å². The number of nitrogens with one attached hydrogen (secondary N) is 1. The molecule has 1 unspecified atom stereocenters. The zero-order valence-electron chi connectivity index (χ0n) is 16.8. The summed E-state index contributed by atoms with van der Waals surface area (Å²) < 4.78 is 64.0. The highest BCUT2D eigenvalue weighted by molar-refractivity contribution is 7.90. The maximum absolute atomic E-state index is 13.6. The van der Waals surface area contributed by atoms with Crippen LogP contribution >= 0.6 is 0 Å². The number of carboxylic acids is 1. The van der Waals surface area contributed by atoms with Crippen molar-refractivity contribution in [1.82, 2.24) is 5.32 Å². The number of sulfone groups is 1. The van der Waals surface area contributed by atoms with E-state index in [4.69, 9.17) is 0 Å². The van der Waals surface area contributed by atoms with Gasteiger partial charge in [-0.05, 0) is 41.2 Å². The first-order chi connectivity index (χ1) is 13.8. The lowest BCUT2D eigenvalue weighted by Gasteiger charge is -2.27. The second-order valence-electron chi connectivity index (χ2n) is 7.58. The van der Waals surface area contributed by atoms with Crippen LogP contribution in [0.1, 0.15) is 31.9 Å². The molecule has 0 saturated heterocycles. The van der Waals surface area contributed by atoms with Crippen LogP contribution in [0.15, 0.2) is 53.4 Å². The molecule has 2 rings (SSSR count). The molecular weight excluding hydrogens is 419 g/mol. The number of hydrogen-bond donors (Lipinski definition) is 2. The molecule has 2 atom stereocenters. The summed E-state index contributed by atoms with van der Waals surface area (Å²) in [6, 6.07) is 8.12. The molecule has 9 heteroatoms. The van der Waals surface area contributed by atoms with Gasteiger partial charge < -0.3 is 5.11 Å². The molecular formula is C21H24F3NO4S. The minimum atomic E-state index is -4.68. The van der Waals surface area contributed by atoms with E-state index in [9.17, 15) is 31.5 Å². The third-order valence-corrected chi connectivity index (χ3v) is 5.69. The summed E-state index contributed by atoms with van der Waals surface area (Å²) in [7, 11) is -3.34. The SMILES string of the molecule is CC(C)CC(N[C@H](c1ccc(-c2ccc(S(C)(=O)=O)cc2)cc1)C(F)(F)F)C(=O)O. The number of alkyl halides is 3. The predicted octanol–water partition coefficient (Wildman–Crippen LogP) is 4.45. The molecule has 2 aromatic carbocycles. The van der Waals surface area contributed by atoms with Gasteiger partial charge in [-0.2, -0.15) is 13.2 Å². The van der Waals surface area contributed by atoms with Gasteiger partial charge in [0.2, 0.25) is 0 Å². The van der Waals surface area contributed by atoms with E-state index in [1.165, 1.54) is 36.4 Å². The summed E-state index contributed by atoms with van der Waals surface area (Å²) in [5.74, 6) is -1.43. The van der Waals surface area contributed by atoms with Gasteiger partial charge in [0.05, 0.1) is 4.90 Å². The maximum atomic E-state index is 13.6. The molecule has 5 nitrogen and oxygen atoms in total. The van der Waals surface area contributed by atoms with Crippen LogP contribution in [0.3, 0.4) is 0 Å². The molecule has 0 heterocycles. The van der Waals surface area contributed by atoms with E-state index >= 15 is 0 Å². The second kappa shape index (κ2) is 9.18. The van der Waals surface area contributed by atoms with Crippen molar-refractivity contribution < 1.29 is 31.5 Å². The Hall–Kier alpha value is -2.39. The van der Waals surface area contributed by atoms with Crippen molar-refractivity contribution in [2.24, 2.45) is 5.92 Å². The van der Waals surface area contributed by atoms with Crippen molar-refractivity contribution in [3.8, 4) is 11.1 Å². The average molecular weight is 443 g/mol. The van der Waals surface area contributed by atoms with Gasteiger partial charge >= 0.3 is 12.1 Å². The monoisotopic (exact) mass is 443 g/mol. The largest absolute Gasteiger partial charge is 0.480 e. The summed E-state index contributed by atoms with van der Waals surface area (Å²) in [5.41, 5.74) is 1.15. The molecule has 0 aliphatic heterocycles. The number of halogens is 3. The van der Waals surface area contributed by atoms with Crippen LogP contribution < -0.4 is 5.32 Å². The number of benzene rings is 2. The number of hydrogen-bond acceptors (Lipinski definition) is 4. The van der Waals surface area contributed by atoms with E-state index in [1.54, 1.807) is 26.0 Å². The smallest absolute Gasteiger partial charge is 0.407 e. The molecule has 0 radical (unpaired) electrons. The third kappa shape index (κ3) is 6.30. The summed E-state index contributed by atoms with van der Waals surface area (Å²) in [6.07, 6.45) is -3.53. The summed E-state index contributed by atoms with van der Waals surface area (Å²) in [6.45, 7) is 3.48. The fraction of sp³-hybridized carbons (Fsp3) is 0.381. The van der Waals surface area contributed by atoms with Gasteiger partial charge in [0.25, 0.3) is 0 Å². The molecule has 0 aliphatic rings. The van der Waals surface area contributed by atoms with Crippen molar-refractivity contribution in [2.75, 3.05) is 6.26 Å². The highest BCUT2D eigenvalue weighted by atomic mass is 32.2. The second-order valence-corrected chi connectivity index (χ2v) is 9.60. The molecule has 0 amide bonds. The van der Waals surface area contributed by atoms with Crippen molar-refractivity contribution in [1.29, 1.82) is 0 Å². The van der Waals surface area contributed by atoms with E-state index in [-0.39, 0.29) is 22.8 Å². The molecule has 2 aromatic rings. The fourth-order valence-corrected chi connectivity index (χ4v) is 3.69. The fourth-order valence-electron chi connectivity index (χ4n) is 3.06. The third-order valence-electron chi connectivity index (χ3n) is 4.56. The Kier molecular flexibility index (Phi) is 7.31. The van der Waals surface area contributed by atoms with Crippen LogP contribution in [0, 0.1) is 5.92 Å². The molecule has 164 valence electrons. The minimum absolute atomic E-state index is 0.0622. The number of carboxylic acid groups (broad SMARTS) is 1. The van der Waals surface area contributed by atoms with E-state index < -0.39 is 34.1 Å². The molecule has 2 N–H and O–H groups in total. The highest BCUT2D eigenvalue weighted by Crippen LogP contribution is 2.34. The Morgan fingerprint density at radius 2 is 1.47 bits per heavy atom. The normalized spacial score (nSPS) is 14.5. The summed E-state index contributed by atoms with van der Waals surface area (Å²) in [5, 5.41) is 11.5. The van der Waals surface area contributed by atoms with Gasteiger partial charge in [-0.3, -0.25) is 10.1 Å². The van der Waals surface area contributed by atoms with Crippen molar-refractivity contribution >= 4 is 15.8 Å². The minimum Gasteiger partial charge on any atom is -0.480 e. The van der Waals surface area contributed by atoms with E-state index in [0.29, 0.717) is 11.1 Å². The van der Waals surface area contributed by atoms with Gasteiger partial charge in [-0.1, -0.05) is 50.2 Å². The van der Waals surface area contributed by atoms with Crippen LogP contribution in [-0.2, 0) is 14.6 Å². The molecule has 0 spiro atoms. The molecule has 0 fully saturated rings. The van der Waals surface area contributed by atoms with Crippen LogP contribution in [-0.4, -0.2) is 38.0 Å². The standard InChI is InChI=1S/C21H24F3NO4S/c1-13(2)12-18(20(26)27)25-19(21(22,23)24)16-6-4-14(5-7-16)15-8-10-17(11-9-15)30(3,28)29/h4-11,13,18-19,25H,12H2,1-3H3,(H,26,27)/t18?,19-/m1/s1. The molecule has 0 aliphatic carbocycles. The number of carbonyl (C=O) groups is 1. The lowest BCUT2D eigenvalue weighted by Crippen LogP contribution is -2.45. The first-order valence-corrected chi connectivity index (χ1v) is 11.1. The zero-order chi connectivity index (χ0) is 22.7. The van der Waals surface area contributed by atoms with Gasteiger partial charge in [-0.15, -0.1) is 0 Å². The number of rotatable bonds is 8. The van der Waals surface area contributed by atoms with Crippen molar-refractivity contribution in [3.05, 3.63) is 54.1 Å². The van der Waals surface area contributed by atoms with Crippen LogP contribution in [0.5, 0.6) is 0 Å². The van der Waals surface area contributed by atoms with Gasteiger partial charge in [-0.25, -0.2) is 8.42 Å². The highest BCUT2D eigenvalue weighted by Gasteiger charge is 2.42. The van der Waals surface area contributed by atoms with E-state index in [0.717, 1.165) is 6.26 Å². The molecule has 0 bridgehead atoms. The van der Waals surface area contributed by atoms with E-state index in [1.807, 2.05) is 0 Å². The Bertz CT molecular complexity index is 969. The van der Waals surface area contributed by atoms with Crippen LogP contribution in [0.2, 0.25) is 0 Å². The van der Waals surface area contributed by atoms with Crippen LogP contribution in [0.4, 0.5) is 13.2 Å². The Labute approximate surface area is 173 Å². The van der Waals surface area contributed by atoms with Crippen molar-refractivity contribution in [2.45, 2.75) is 43.4 Å². The van der Waals surface area contributed by atoms with E-state index in [2.05, 4.69) is 5.32 Å². The summed E-state index contributed by atoms with van der Waals surface area (Å²) in [4.78, 5) is 11.5. The number of aliphatic carboxylic acids is 1. The van der Waals surface area contributed by atoms with Crippen LogP contribution in [0.25, 0.3) is 11.1 Å². The lowest BCUT2D eigenvalue weighted by atomic mass is 9.98. The molecule has 0 aromatic heterocycles. The Morgan fingerprint density at radius 3 is 1.83 bits per heavy atom. The quantitative estimate of drug-likeness (QED) is 0.630. The van der Waals surface area contributed by atoms with Gasteiger partial charge in [0.1, 0.15) is 12.1 Å². The van der Waals surface area contributed by atoms with Gasteiger partial charge in [0, 0.05) is 6.26 Å². The molecule has 0 saturated carbocycles. The zero-order valence-corrected chi connectivity index (χ0v) is 17.6. The molecule has 30 heavy (non-hydrogen) atoms. The summed E-state index contributed by atoms with van der Waals surface area (Å²) >= 11 is 0.